The maximum Gasteiger partial charge on any atom is 0.255 e. The quantitative estimate of drug-likeness (QED) is 0.759. The summed E-state index contributed by atoms with van der Waals surface area (Å²) in [5.74, 6) is -0.404. The Morgan fingerprint density at radius 1 is 1.43 bits per heavy atom. The zero-order valence-corrected chi connectivity index (χ0v) is 12.2. The third kappa shape index (κ3) is 2.89. The molecule has 0 saturated carbocycles. The van der Waals surface area contributed by atoms with Gasteiger partial charge in [-0.25, -0.2) is 0 Å². The fourth-order valence-electron chi connectivity index (χ4n) is 2.57. The van der Waals surface area contributed by atoms with Crippen molar-refractivity contribution < 1.29 is 14.4 Å². The summed E-state index contributed by atoms with van der Waals surface area (Å²) in [4.78, 5) is 36.6. The number of carbonyl (C=O) groups excluding carboxylic acids is 3. The summed E-state index contributed by atoms with van der Waals surface area (Å²) in [6.45, 7) is 0.390. The number of rotatable bonds is 6. The predicted octanol–water partition coefficient (Wildman–Crippen LogP) is 0.778. The number of nitrogens with one attached hydrogen (secondary N) is 2. The number of hydrogen-bond acceptors (Lipinski definition) is 4. The summed E-state index contributed by atoms with van der Waals surface area (Å²) in [6, 6.07) is 4.90. The Bertz CT molecular complexity index is 571. The topological polar surface area (TPSA) is 78.5 Å². The summed E-state index contributed by atoms with van der Waals surface area (Å²) >= 11 is 0. The van der Waals surface area contributed by atoms with Gasteiger partial charge in [0.1, 0.15) is 12.3 Å². The standard InChI is InChI=1S/C15H19N3O3/c1-16-11-5-6-12-10(8-11)9-18(15(12)21)13(4-3-7-19)14(20)17-2/h5-8,13,16H,3-4,9H2,1-2H3,(H,17,20). The highest BCUT2D eigenvalue weighted by Gasteiger charge is 2.35. The molecule has 0 spiro atoms. The molecule has 0 radical (unpaired) electrons. The second kappa shape index (κ2) is 6.39. The molecule has 1 aliphatic heterocycles. The van der Waals surface area contributed by atoms with Crippen molar-refractivity contribution in [2.75, 3.05) is 19.4 Å². The minimum Gasteiger partial charge on any atom is -0.388 e. The molecule has 1 unspecified atom stereocenters. The van der Waals surface area contributed by atoms with Gasteiger partial charge in [0.05, 0.1) is 0 Å². The first-order valence-electron chi connectivity index (χ1n) is 6.89. The molecule has 0 saturated heterocycles. The van der Waals surface area contributed by atoms with Crippen LogP contribution in [0.5, 0.6) is 0 Å². The summed E-state index contributed by atoms with van der Waals surface area (Å²) in [5.41, 5.74) is 2.44. The SMILES string of the molecule is CNC(=O)C(CCC=O)N1Cc2cc(NC)ccc2C1=O. The van der Waals surface area contributed by atoms with Crippen molar-refractivity contribution in [3.8, 4) is 0 Å². The molecule has 1 aromatic rings. The highest BCUT2D eigenvalue weighted by Crippen LogP contribution is 2.28. The number of hydrogen-bond donors (Lipinski definition) is 2. The Morgan fingerprint density at radius 2 is 2.19 bits per heavy atom. The van der Waals surface area contributed by atoms with E-state index in [4.69, 9.17) is 0 Å². The van der Waals surface area contributed by atoms with Crippen LogP contribution in [0, 0.1) is 0 Å². The van der Waals surface area contributed by atoms with Crippen LogP contribution in [0.3, 0.4) is 0 Å². The van der Waals surface area contributed by atoms with Gasteiger partial charge in [-0.2, -0.15) is 0 Å². The summed E-state index contributed by atoms with van der Waals surface area (Å²) in [5, 5.41) is 5.59. The Balaban J connectivity index is 2.26. The molecule has 6 nitrogen and oxygen atoms in total. The average molecular weight is 289 g/mol. The molecule has 2 amide bonds. The molecule has 0 aliphatic carbocycles. The first-order chi connectivity index (χ1) is 10.1. The second-order valence-electron chi connectivity index (χ2n) is 4.93. The molecular weight excluding hydrogens is 270 g/mol. The van der Waals surface area contributed by atoms with E-state index in [1.165, 1.54) is 11.9 Å². The third-order valence-corrected chi connectivity index (χ3v) is 3.71. The zero-order valence-electron chi connectivity index (χ0n) is 12.2. The van der Waals surface area contributed by atoms with Crippen LogP contribution >= 0.6 is 0 Å². The molecule has 1 heterocycles. The molecule has 6 heteroatoms. The minimum atomic E-state index is -0.613. The van der Waals surface area contributed by atoms with Gasteiger partial charge in [0, 0.05) is 38.3 Å². The van der Waals surface area contributed by atoms with Crippen molar-refractivity contribution in [1.82, 2.24) is 10.2 Å². The lowest BCUT2D eigenvalue weighted by atomic mass is 10.1. The fourth-order valence-corrected chi connectivity index (χ4v) is 2.57. The number of carbonyl (C=O) groups is 3. The van der Waals surface area contributed by atoms with Crippen molar-refractivity contribution >= 4 is 23.8 Å². The van der Waals surface area contributed by atoms with Crippen LogP contribution in [0.25, 0.3) is 0 Å². The molecule has 0 bridgehead atoms. The molecule has 2 rings (SSSR count). The molecular formula is C15H19N3O3. The van der Waals surface area contributed by atoms with Crippen LogP contribution in [0.2, 0.25) is 0 Å². The Kier molecular flexibility index (Phi) is 4.57. The van der Waals surface area contributed by atoms with Gasteiger partial charge in [0.25, 0.3) is 5.91 Å². The van der Waals surface area contributed by atoms with E-state index < -0.39 is 6.04 Å². The molecule has 1 atom stereocenters. The van der Waals surface area contributed by atoms with Crippen LogP contribution in [0.1, 0.15) is 28.8 Å². The van der Waals surface area contributed by atoms with Crippen LogP contribution in [0.4, 0.5) is 5.69 Å². The first kappa shape index (κ1) is 15.0. The number of amides is 2. The maximum absolute atomic E-state index is 12.5. The van der Waals surface area contributed by atoms with Gasteiger partial charge >= 0.3 is 0 Å². The summed E-state index contributed by atoms with van der Waals surface area (Å²) in [6.07, 6.45) is 1.35. The number of aldehydes is 1. The van der Waals surface area contributed by atoms with Crippen molar-refractivity contribution in [2.45, 2.75) is 25.4 Å². The van der Waals surface area contributed by atoms with Crippen LogP contribution in [-0.4, -0.2) is 43.1 Å². The zero-order chi connectivity index (χ0) is 15.4. The maximum atomic E-state index is 12.5. The molecule has 0 aromatic heterocycles. The highest BCUT2D eigenvalue weighted by molar-refractivity contribution is 6.01. The lowest BCUT2D eigenvalue weighted by molar-refractivity contribution is -0.125. The van der Waals surface area contributed by atoms with Gasteiger partial charge in [-0.05, 0) is 30.2 Å². The van der Waals surface area contributed by atoms with Gasteiger partial charge in [-0.15, -0.1) is 0 Å². The highest BCUT2D eigenvalue weighted by atomic mass is 16.2. The fraction of sp³-hybridized carbons (Fsp3) is 0.400. The van der Waals surface area contributed by atoms with Crippen LogP contribution in [0.15, 0.2) is 18.2 Å². The largest absolute Gasteiger partial charge is 0.388 e. The lowest BCUT2D eigenvalue weighted by Crippen LogP contribution is -2.46. The van der Waals surface area contributed by atoms with E-state index in [0.29, 0.717) is 18.5 Å². The van der Waals surface area contributed by atoms with E-state index >= 15 is 0 Å². The van der Waals surface area contributed by atoms with Crippen molar-refractivity contribution in [2.24, 2.45) is 0 Å². The molecule has 1 aliphatic rings. The second-order valence-corrected chi connectivity index (χ2v) is 4.93. The predicted molar refractivity (Wildman–Crippen MR) is 79.0 cm³/mol. The van der Waals surface area contributed by atoms with E-state index in [2.05, 4.69) is 10.6 Å². The molecule has 21 heavy (non-hydrogen) atoms. The van der Waals surface area contributed by atoms with E-state index in [1.807, 2.05) is 19.2 Å². The van der Waals surface area contributed by atoms with Crippen LogP contribution < -0.4 is 10.6 Å². The van der Waals surface area contributed by atoms with E-state index in [9.17, 15) is 14.4 Å². The number of benzene rings is 1. The summed E-state index contributed by atoms with van der Waals surface area (Å²) < 4.78 is 0. The number of likely N-dealkylation sites (N-methyl/N-ethyl adjacent to an activating group) is 1. The molecule has 0 fully saturated rings. The normalized spacial score (nSPS) is 14.6. The summed E-state index contributed by atoms with van der Waals surface area (Å²) in [7, 11) is 3.34. The van der Waals surface area contributed by atoms with Crippen molar-refractivity contribution in [3.05, 3.63) is 29.3 Å². The minimum absolute atomic E-state index is 0.160. The molecule has 112 valence electrons. The Morgan fingerprint density at radius 3 is 2.81 bits per heavy atom. The van der Waals surface area contributed by atoms with Gasteiger partial charge in [-0.1, -0.05) is 0 Å². The van der Waals surface area contributed by atoms with Gasteiger partial charge in [0.15, 0.2) is 0 Å². The monoisotopic (exact) mass is 289 g/mol. The van der Waals surface area contributed by atoms with Crippen molar-refractivity contribution in [3.63, 3.8) is 0 Å². The number of anilines is 1. The van der Waals surface area contributed by atoms with E-state index in [1.54, 1.807) is 6.07 Å². The average Bonchev–Trinajstić information content (AvgIpc) is 2.83. The van der Waals surface area contributed by atoms with Gasteiger partial charge < -0.3 is 20.3 Å². The smallest absolute Gasteiger partial charge is 0.255 e. The lowest BCUT2D eigenvalue weighted by Gasteiger charge is -2.25. The van der Waals surface area contributed by atoms with Crippen LogP contribution in [-0.2, 0) is 16.1 Å². The van der Waals surface area contributed by atoms with Gasteiger partial charge in [0.2, 0.25) is 5.91 Å². The van der Waals surface area contributed by atoms with Gasteiger partial charge in [-0.3, -0.25) is 9.59 Å². The first-order valence-corrected chi connectivity index (χ1v) is 6.89. The van der Waals surface area contributed by atoms with Crippen molar-refractivity contribution in [1.29, 1.82) is 0 Å². The third-order valence-electron chi connectivity index (χ3n) is 3.71. The molecule has 2 N–H and O–H groups in total. The van der Waals surface area contributed by atoms with E-state index in [-0.39, 0.29) is 18.2 Å². The Hall–Kier alpha value is -2.37. The molecule has 1 aromatic carbocycles. The van der Waals surface area contributed by atoms with E-state index in [0.717, 1.165) is 17.5 Å². The number of nitrogens with zero attached hydrogens (tertiary/aromatic N) is 1. The number of fused-ring (bicyclic) bond motifs is 1. The Labute approximate surface area is 123 Å².